The number of carbonyl (C=O) groups excluding carboxylic acids is 1. The molecule has 3 atom stereocenters. The van der Waals surface area contributed by atoms with Crippen LogP contribution in [-0.4, -0.2) is 17.9 Å². The Kier molecular flexibility index (Phi) is 2.96. The highest BCUT2D eigenvalue weighted by molar-refractivity contribution is 5.78. The summed E-state index contributed by atoms with van der Waals surface area (Å²) in [6.07, 6.45) is 1.61. The van der Waals surface area contributed by atoms with Crippen molar-refractivity contribution in [3.05, 3.63) is 65.2 Å². The van der Waals surface area contributed by atoms with Gasteiger partial charge in [0, 0.05) is 25.1 Å². The largest absolute Gasteiger partial charge is 0.399 e. The second-order valence-electron chi connectivity index (χ2n) is 6.43. The molecule has 0 saturated carbocycles. The van der Waals surface area contributed by atoms with Crippen molar-refractivity contribution in [2.75, 3.05) is 12.8 Å². The summed E-state index contributed by atoms with van der Waals surface area (Å²) in [7, 11) is 1.95. The lowest BCUT2D eigenvalue weighted by molar-refractivity contribution is -0.136. The molecule has 3 nitrogen and oxygen atoms in total. The van der Waals surface area contributed by atoms with E-state index in [0.29, 0.717) is 18.3 Å². The van der Waals surface area contributed by atoms with Crippen LogP contribution in [0.1, 0.15) is 41.5 Å². The predicted molar refractivity (Wildman–Crippen MR) is 87.4 cm³/mol. The maximum atomic E-state index is 12.1. The Morgan fingerprint density at radius 2 is 1.73 bits per heavy atom. The number of nitrogens with two attached hydrogens (primary N) is 1. The summed E-state index contributed by atoms with van der Waals surface area (Å²) in [5.74, 6) is 1.08. The molecule has 2 aromatic carbocycles. The highest BCUT2D eigenvalue weighted by atomic mass is 16.2. The first-order valence-corrected chi connectivity index (χ1v) is 7.87. The average molecular weight is 292 g/mol. The van der Waals surface area contributed by atoms with Crippen molar-refractivity contribution in [1.82, 2.24) is 4.90 Å². The molecule has 1 fully saturated rings. The van der Waals surface area contributed by atoms with Crippen molar-refractivity contribution in [2.45, 2.75) is 24.8 Å². The summed E-state index contributed by atoms with van der Waals surface area (Å²) in [6, 6.07) is 17.0. The summed E-state index contributed by atoms with van der Waals surface area (Å²) >= 11 is 0. The zero-order valence-electron chi connectivity index (χ0n) is 12.7. The van der Waals surface area contributed by atoms with Gasteiger partial charge in [0.05, 0.1) is 6.04 Å². The summed E-state index contributed by atoms with van der Waals surface area (Å²) in [5.41, 5.74) is 10.6. The zero-order valence-corrected chi connectivity index (χ0v) is 12.7. The molecule has 4 rings (SSSR count). The molecule has 3 heteroatoms. The lowest BCUT2D eigenvalue weighted by atomic mass is 9.80. The van der Waals surface area contributed by atoms with E-state index < -0.39 is 0 Å². The molecule has 0 radical (unpaired) electrons. The summed E-state index contributed by atoms with van der Waals surface area (Å²) < 4.78 is 0. The lowest BCUT2D eigenvalue weighted by Crippen LogP contribution is -2.39. The van der Waals surface area contributed by atoms with Gasteiger partial charge in [0.25, 0.3) is 0 Å². The number of likely N-dealkylation sites (tertiary alicyclic amines) is 1. The van der Waals surface area contributed by atoms with Crippen molar-refractivity contribution >= 4 is 11.6 Å². The molecule has 1 saturated heterocycles. The Morgan fingerprint density at radius 3 is 2.45 bits per heavy atom. The number of hydrogen-bond donors (Lipinski definition) is 1. The van der Waals surface area contributed by atoms with Crippen LogP contribution in [0.25, 0.3) is 0 Å². The Hall–Kier alpha value is -2.29. The number of nitrogens with zero attached hydrogens (tertiary/aromatic N) is 1. The summed E-state index contributed by atoms with van der Waals surface area (Å²) in [6.45, 7) is 0. The second kappa shape index (κ2) is 4.87. The molecule has 22 heavy (non-hydrogen) atoms. The molecule has 3 unspecified atom stereocenters. The van der Waals surface area contributed by atoms with E-state index in [9.17, 15) is 4.79 Å². The third-order valence-corrected chi connectivity index (χ3v) is 5.28. The number of nitrogen functional groups attached to an aromatic ring is 1. The van der Waals surface area contributed by atoms with Crippen LogP contribution in [0.5, 0.6) is 0 Å². The number of fused-ring (bicyclic) bond motifs is 3. The molecule has 0 spiro atoms. The lowest BCUT2D eigenvalue weighted by Gasteiger charge is -2.37. The molecular weight excluding hydrogens is 272 g/mol. The van der Waals surface area contributed by atoms with Gasteiger partial charge < -0.3 is 10.6 Å². The van der Waals surface area contributed by atoms with Crippen molar-refractivity contribution in [1.29, 1.82) is 0 Å². The molecular formula is C19H20N2O. The fourth-order valence-corrected chi connectivity index (χ4v) is 4.28. The second-order valence-corrected chi connectivity index (χ2v) is 6.43. The Labute approximate surface area is 130 Å². The van der Waals surface area contributed by atoms with Crippen LogP contribution >= 0.6 is 0 Å². The standard InChI is InChI=1S/C19H20N2O/c1-21-17(22)11-10-16-18(12-6-8-13(20)9-7-12)14-4-2-3-5-15(14)19(16)21/h2-9,16,18-19H,10-11,20H2,1H3. The number of benzene rings is 2. The van der Waals surface area contributed by atoms with Gasteiger partial charge in [-0.25, -0.2) is 0 Å². The van der Waals surface area contributed by atoms with Crippen LogP contribution in [0.4, 0.5) is 5.69 Å². The molecule has 0 aromatic heterocycles. The molecule has 2 N–H and O–H groups in total. The monoisotopic (exact) mass is 292 g/mol. The third kappa shape index (κ3) is 1.85. The minimum Gasteiger partial charge on any atom is -0.399 e. The van der Waals surface area contributed by atoms with Gasteiger partial charge in [-0.1, -0.05) is 36.4 Å². The topological polar surface area (TPSA) is 46.3 Å². The minimum absolute atomic E-state index is 0.208. The Balaban J connectivity index is 1.85. The molecule has 0 bridgehead atoms. The maximum absolute atomic E-state index is 12.1. The molecule has 1 aliphatic carbocycles. The van der Waals surface area contributed by atoms with E-state index in [1.165, 1.54) is 16.7 Å². The number of anilines is 1. The van der Waals surface area contributed by atoms with E-state index in [1.807, 2.05) is 24.1 Å². The normalized spacial score (nSPS) is 26.7. The van der Waals surface area contributed by atoms with E-state index in [0.717, 1.165) is 12.1 Å². The molecule has 1 amide bonds. The summed E-state index contributed by atoms with van der Waals surface area (Å²) in [5, 5.41) is 0. The van der Waals surface area contributed by atoms with Crippen molar-refractivity contribution in [3.63, 3.8) is 0 Å². The first kappa shape index (κ1) is 13.4. The molecule has 1 aliphatic heterocycles. The van der Waals surface area contributed by atoms with Crippen LogP contribution in [0.2, 0.25) is 0 Å². The highest BCUT2D eigenvalue weighted by Crippen LogP contribution is 2.54. The summed E-state index contributed by atoms with van der Waals surface area (Å²) in [4.78, 5) is 14.1. The number of hydrogen-bond acceptors (Lipinski definition) is 2. The molecule has 1 heterocycles. The number of carbonyl (C=O) groups is 1. The minimum atomic E-state index is 0.208. The smallest absolute Gasteiger partial charge is 0.222 e. The van der Waals surface area contributed by atoms with Crippen molar-refractivity contribution in [2.24, 2.45) is 5.92 Å². The van der Waals surface area contributed by atoms with E-state index in [4.69, 9.17) is 5.73 Å². The van der Waals surface area contributed by atoms with Gasteiger partial charge in [-0.2, -0.15) is 0 Å². The molecule has 2 aliphatic rings. The van der Waals surface area contributed by atoms with E-state index >= 15 is 0 Å². The first-order valence-electron chi connectivity index (χ1n) is 7.87. The van der Waals surface area contributed by atoms with Crippen LogP contribution < -0.4 is 5.73 Å². The van der Waals surface area contributed by atoms with Gasteiger partial charge in [0.1, 0.15) is 0 Å². The van der Waals surface area contributed by atoms with Gasteiger partial charge in [0.2, 0.25) is 5.91 Å². The van der Waals surface area contributed by atoms with Crippen molar-refractivity contribution < 1.29 is 4.79 Å². The van der Waals surface area contributed by atoms with Crippen LogP contribution in [0.15, 0.2) is 48.5 Å². The van der Waals surface area contributed by atoms with E-state index in [-0.39, 0.29) is 11.9 Å². The number of piperidine rings is 1. The Bertz CT molecular complexity index is 722. The van der Waals surface area contributed by atoms with E-state index in [1.54, 1.807) is 0 Å². The molecule has 112 valence electrons. The van der Waals surface area contributed by atoms with Crippen LogP contribution in [-0.2, 0) is 4.79 Å². The zero-order chi connectivity index (χ0) is 15.3. The van der Waals surface area contributed by atoms with Gasteiger partial charge in [0.15, 0.2) is 0 Å². The van der Waals surface area contributed by atoms with Gasteiger partial charge in [-0.3, -0.25) is 4.79 Å². The van der Waals surface area contributed by atoms with Crippen LogP contribution in [0.3, 0.4) is 0 Å². The highest BCUT2D eigenvalue weighted by Gasteiger charge is 2.46. The quantitative estimate of drug-likeness (QED) is 0.820. The maximum Gasteiger partial charge on any atom is 0.222 e. The fourth-order valence-electron chi connectivity index (χ4n) is 4.28. The van der Waals surface area contributed by atoms with Gasteiger partial charge in [-0.15, -0.1) is 0 Å². The third-order valence-electron chi connectivity index (χ3n) is 5.28. The number of rotatable bonds is 1. The first-order chi connectivity index (χ1) is 10.7. The van der Waals surface area contributed by atoms with Crippen LogP contribution in [0, 0.1) is 5.92 Å². The average Bonchev–Trinajstić information content (AvgIpc) is 2.87. The fraction of sp³-hybridized carbons (Fsp3) is 0.316. The molecule has 2 aromatic rings. The SMILES string of the molecule is CN1C(=O)CCC2C(c3ccc(N)cc3)c3ccccc3C21. The predicted octanol–water partition coefficient (Wildman–Crippen LogP) is 3.32. The number of amides is 1. The van der Waals surface area contributed by atoms with Crippen molar-refractivity contribution in [3.8, 4) is 0 Å². The van der Waals surface area contributed by atoms with Gasteiger partial charge >= 0.3 is 0 Å². The van der Waals surface area contributed by atoms with E-state index in [2.05, 4.69) is 36.4 Å². The van der Waals surface area contributed by atoms with Gasteiger partial charge in [-0.05, 0) is 41.2 Å². The Morgan fingerprint density at radius 1 is 1.05 bits per heavy atom.